The average molecular weight is 218 g/mol. The van der Waals surface area contributed by atoms with Crippen molar-refractivity contribution in [1.82, 2.24) is 0 Å². The van der Waals surface area contributed by atoms with Gasteiger partial charge in [0.25, 0.3) is 0 Å². The standard InChI is InChI=1S/N2SSe2/c4-1-3-2-5. The third-order valence-corrected chi connectivity index (χ3v) is 1.04. The summed E-state index contributed by atoms with van der Waals surface area (Å²) >= 11 is 5.94. The molecule has 0 unspecified atom stereocenters. The fraction of sp³-hybridized carbons (Fsp3) is 0. The molecule has 0 aromatic heterocycles. The van der Waals surface area contributed by atoms with Crippen LogP contribution in [0.3, 0.4) is 0 Å². The van der Waals surface area contributed by atoms with Gasteiger partial charge in [0.2, 0.25) is 0 Å². The first-order valence-electron chi connectivity index (χ1n) is 0.730. The summed E-state index contributed by atoms with van der Waals surface area (Å²) in [6.45, 7) is 0. The molecule has 0 radical (unpaired) electrons. The summed E-state index contributed by atoms with van der Waals surface area (Å²) in [5.41, 5.74) is 0. The van der Waals surface area contributed by atoms with Gasteiger partial charge in [-0.05, 0) is 0 Å². The second kappa shape index (κ2) is 4.99. The maximum absolute atomic E-state index is 3.45. The Bertz CT molecular complexity index is 36.9. The Morgan fingerprint density at radius 1 is 1.20 bits per heavy atom. The van der Waals surface area contributed by atoms with Crippen molar-refractivity contribution in [3.8, 4) is 0 Å². The van der Waals surface area contributed by atoms with Crippen LogP contribution < -0.4 is 0 Å². The number of hydrogen-bond acceptors (Lipinski definition) is 3. The van der Waals surface area contributed by atoms with Crippen molar-refractivity contribution >= 4 is 43.8 Å². The van der Waals surface area contributed by atoms with Crippen LogP contribution in [0.1, 0.15) is 0 Å². The molecule has 0 amide bonds. The van der Waals surface area contributed by atoms with Gasteiger partial charge in [0.15, 0.2) is 0 Å². The molecule has 0 N–H and O–H groups in total. The Labute approximate surface area is 50.6 Å². The van der Waals surface area contributed by atoms with E-state index in [-0.39, 0.29) is 0 Å². The van der Waals surface area contributed by atoms with Crippen LogP contribution in [-0.4, -0.2) is 31.6 Å². The zero-order valence-electron chi connectivity index (χ0n) is 2.12. The van der Waals surface area contributed by atoms with E-state index in [1.165, 1.54) is 0 Å². The molecule has 0 heterocycles. The zero-order valence-corrected chi connectivity index (χ0v) is 6.36. The Kier molecular flexibility index (Phi) is 5.98. The van der Waals surface area contributed by atoms with Gasteiger partial charge in [-0.1, -0.05) is 0 Å². The first-order valence-corrected chi connectivity index (χ1v) is 2.99. The van der Waals surface area contributed by atoms with Gasteiger partial charge in [-0.15, -0.1) is 0 Å². The molecule has 5 heteroatoms. The predicted octanol–water partition coefficient (Wildman–Crippen LogP) is 0.254. The summed E-state index contributed by atoms with van der Waals surface area (Å²) in [5, 5.41) is 0. The summed E-state index contributed by atoms with van der Waals surface area (Å²) in [6, 6.07) is 0. The quantitative estimate of drug-likeness (QED) is 0.481. The third-order valence-electron chi connectivity index (χ3n) is 0.0667. The van der Waals surface area contributed by atoms with Crippen molar-refractivity contribution in [3.63, 3.8) is 0 Å². The average Bonchev–Trinajstić information content (AvgIpc) is 1.41. The summed E-state index contributed by atoms with van der Waals surface area (Å²) in [6.07, 6.45) is 0. The van der Waals surface area contributed by atoms with Crippen molar-refractivity contribution in [2.75, 3.05) is 0 Å². The fourth-order valence-electron chi connectivity index (χ4n) is 0.0136. The number of nitrogens with zero attached hydrogens (tertiary/aromatic N) is 2. The van der Waals surface area contributed by atoms with Gasteiger partial charge in [0.1, 0.15) is 0 Å². The summed E-state index contributed by atoms with van der Waals surface area (Å²) < 4.78 is 6.90. The van der Waals surface area contributed by atoms with Gasteiger partial charge in [0.05, 0.1) is 0 Å². The monoisotopic (exact) mass is 220 g/mol. The summed E-state index contributed by atoms with van der Waals surface area (Å²) in [5.74, 6) is 0. The van der Waals surface area contributed by atoms with Crippen LogP contribution in [0.4, 0.5) is 0 Å². The Hall–Kier alpha value is 0.989. The van der Waals surface area contributed by atoms with Gasteiger partial charge < -0.3 is 0 Å². The topological polar surface area (TPSA) is 24.7 Å². The first-order chi connectivity index (χ1) is 2.41. The van der Waals surface area contributed by atoms with Gasteiger partial charge in [-0.25, -0.2) is 0 Å². The molecule has 0 aliphatic carbocycles. The molecule has 2 nitrogen and oxygen atoms in total. The van der Waals surface area contributed by atoms with E-state index in [2.05, 4.69) is 38.4 Å². The molecule has 0 spiro atoms. The molecular weight excluding hydrogens is 218 g/mol. The first kappa shape index (κ1) is 5.99. The van der Waals surface area contributed by atoms with E-state index in [1.54, 1.807) is 0 Å². The van der Waals surface area contributed by atoms with Crippen molar-refractivity contribution in [1.29, 1.82) is 0 Å². The van der Waals surface area contributed by atoms with Gasteiger partial charge in [-0.3, -0.25) is 0 Å². The van der Waals surface area contributed by atoms with Gasteiger partial charge in [0, 0.05) is 0 Å². The Balaban J connectivity index is 2.65. The summed E-state index contributed by atoms with van der Waals surface area (Å²) in [4.78, 5) is 0. The van der Waals surface area contributed by atoms with Crippen molar-refractivity contribution in [3.05, 3.63) is 0 Å². The van der Waals surface area contributed by atoms with E-state index in [4.69, 9.17) is 0 Å². The van der Waals surface area contributed by atoms with Gasteiger partial charge in [-0.2, -0.15) is 0 Å². The molecule has 0 aliphatic rings. The minimum atomic E-state index is 1.10. The number of rotatable bonds is 2. The van der Waals surface area contributed by atoms with Crippen molar-refractivity contribution < 1.29 is 0 Å². The van der Waals surface area contributed by atoms with Crippen LogP contribution in [0.5, 0.6) is 0 Å². The van der Waals surface area contributed by atoms with Gasteiger partial charge >= 0.3 is 50.5 Å². The molecule has 0 aromatic carbocycles. The minimum absolute atomic E-state index is 1.10. The molecule has 28 valence electrons. The van der Waals surface area contributed by atoms with E-state index in [1.807, 2.05) is 0 Å². The molecule has 5 heavy (non-hydrogen) atoms. The molecule has 0 atom stereocenters. The van der Waals surface area contributed by atoms with E-state index < -0.39 is 0 Å². The van der Waals surface area contributed by atoms with Crippen LogP contribution in [0.15, 0.2) is 6.74 Å². The second-order valence-corrected chi connectivity index (χ2v) is 2.57. The van der Waals surface area contributed by atoms with Crippen LogP contribution in [0.2, 0.25) is 0 Å². The molecule has 0 bridgehead atoms. The predicted molar refractivity (Wildman–Crippen MR) is 24.0 cm³/mol. The molecule has 0 saturated carbocycles. The number of hydrogen-bond donors (Lipinski definition) is 0. The zero-order chi connectivity index (χ0) is 4.12. The van der Waals surface area contributed by atoms with Crippen LogP contribution >= 0.6 is 12.1 Å². The van der Waals surface area contributed by atoms with E-state index in [0.717, 1.165) is 12.1 Å². The molecule has 0 aliphatic heterocycles. The second-order valence-electron chi connectivity index (χ2n) is 0.231. The molecule has 0 rings (SSSR count). The van der Waals surface area contributed by atoms with Crippen LogP contribution in [0.25, 0.3) is 0 Å². The third kappa shape index (κ3) is 4.99. The maximum atomic E-state index is 3.45. The van der Waals surface area contributed by atoms with E-state index in [0.29, 0.717) is 0 Å². The van der Waals surface area contributed by atoms with Crippen molar-refractivity contribution in [2.24, 2.45) is 6.74 Å². The molecule has 0 fully saturated rings. The van der Waals surface area contributed by atoms with Crippen LogP contribution in [0, 0.1) is 0 Å². The van der Waals surface area contributed by atoms with E-state index in [9.17, 15) is 0 Å². The molecule has 0 saturated heterocycles. The van der Waals surface area contributed by atoms with Crippen LogP contribution in [-0.2, 0) is 0 Å². The Morgan fingerprint density at radius 3 is 1.60 bits per heavy atom. The molecule has 0 aromatic rings. The SMILES string of the molecule is [Se]=NSN=[Se]. The van der Waals surface area contributed by atoms with Crippen molar-refractivity contribution in [2.45, 2.75) is 0 Å². The van der Waals surface area contributed by atoms with E-state index >= 15 is 0 Å². The molecular formula is N2SSe2. The fourth-order valence-corrected chi connectivity index (χ4v) is 1.10. The Morgan fingerprint density at radius 2 is 1.60 bits per heavy atom. The normalized spacial score (nSPS) is 6.40. The summed E-state index contributed by atoms with van der Waals surface area (Å²) in [7, 11) is 0.